The molecule has 1 fully saturated rings. The smallest absolute Gasteiger partial charge is 0.193 e. The van der Waals surface area contributed by atoms with Gasteiger partial charge in [0.2, 0.25) is 0 Å². The molecule has 0 aliphatic carbocycles. The van der Waals surface area contributed by atoms with Crippen molar-refractivity contribution >= 4 is 29.9 Å². The summed E-state index contributed by atoms with van der Waals surface area (Å²) in [6.45, 7) is 7.68. The van der Waals surface area contributed by atoms with Crippen LogP contribution in [-0.4, -0.2) is 37.5 Å². The molecule has 1 atom stereocenters. The molecule has 0 saturated carbocycles. The zero-order chi connectivity index (χ0) is 14.4. The lowest BCUT2D eigenvalue weighted by molar-refractivity contribution is 0.266. The second-order valence-electron chi connectivity index (χ2n) is 5.91. The van der Waals surface area contributed by atoms with Crippen molar-refractivity contribution in [2.75, 3.05) is 26.7 Å². The van der Waals surface area contributed by atoms with E-state index in [2.05, 4.69) is 53.3 Å². The van der Waals surface area contributed by atoms with Gasteiger partial charge in [-0.2, -0.15) is 0 Å². The van der Waals surface area contributed by atoms with Gasteiger partial charge in [0, 0.05) is 26.7 Å². The number of piperidine rings is 1. The van der Waals surface area contributed by atoms with Gasteiger partial charge >= 0.3 is 0 Å². The Kier molecular flexibility index (Phi) is 8.07. The van der Waals surface area contributed by atoms with E-state index in [1.807, 2.05) is 7.05 Å². The van der Waals surface area contributed by atoms with Crippen molar-refractivity contribution in [2.24, 2.45) is 10.9 Å². The van der Waals surface area contributed by atoms with E-state index in [0.717, 1.165) is 37.9 Å². The second-order valence-corrected chi connectivity index (χ2v) is 5.91. The summed E-state index contributed by atoms with van der Waals surface area (Å²) in [4.78, 5) is 6.82. The average molecular weight is 401 g/mol. The Labute approximate surface area is 146 Å². The van der Waals surface area contributed by atoms with E-state index >= 15 is 0 Å². The van der Waals surface area contributed by atoms with Gasteiger partial charge in [-0.05, 0) is 37.7 Å². The van der Waals surface area contributed by atoms with Crippen molar-refractivity contribution < 1.29 is 0 Å². The number of benzene rings is 1. The summed E-state index contributed by atoms with van der Waals surface area (Å²) in [5.41, 5.74) is 2.72. The molecule has 1 aliphatic heterocycles. The quantitative estimate of drug-likeness (QED) is 0.477. The summed E-state index contributed by atoms with van der Waals surface area (Å²) < 4.78 is 0. The summed E-state index contributed by atoms with van der Waals surface area (Å²) in [7, 11) is 1.88. The number of rotatable bonds is 3. The first-order valence-electron chi connectivity index (χ1n) is 7.70. The van der Waals surface area contributed by atoms with Gasteiger partial charge in [0.1, 0.15) is 0 Å². The molecule has 0 amide bonds. The number of hydrogen-bond donors (Lipinski definition) is 1. The Bertz CT molecular complexity index is 459. The number of aryl methyl sites for hydroxylation is 1. The van der Waals surface area contributed by atoms with E-state index in [0.29, 0.717) is 0 Å². The Morgan fingerprint density at radius 1 is 1.43 bits per heavy atom. The average Bonchev–Trinajstić information content (AvgIpc) is 2.44. The van der Waals surface area contributed by atoms with Gasteiger partial charge in [-0.15, -0.1) is 24.0 Å². The summed E-state index contributed by atoms with van der Waals surface area (Å²) in [5, 5.41) is 3.50. The van der Waals surface area contributed by atoms with Crippen LogP contribution in [0, 0.1) is 12.8 Å². The highest BCUT2D eigenvalue weighted by Gasteiger charge is 2.18. The van der Waals surface area contributed by atoms with Gasteiger partial charge < -0.3 is 10.2 Å². The van der Waals surface area contributed by atoms with Gasteiger partial charge in [-0.1, -0.05) is 36.8 Å². The molecule has 3 nitrogen and oxygen atoms in total. The van der Waals surface area contributed by atoms with Crippen LogP contribution in [-0.2, 0) is 6.42 Å². The molecule has 0 radical (unpaired) electrons. The minimum absolute atomic E-state index is 0. The lowest BCUT2D eigenvalue weighted by atomic mass is 10.0. The third-order valence-electron chi connectivity index (χ3n) is 3.95. The van der Waals surface area contributed by atoms with E-state index in [1.165, 1.54) is 24.0 Å². The number of likely N-dealkylation sites (tertiary alicyclic amines) is 1. The third-order valence-corrected chi connectivity index (χ3v) is 3.95. The van der Waals surface area contributed by atoms with Gasteiger partial charge in [0.05, 0.1) is 0 Å². The monoisotopic (exact) mass is 401 g/mol. The Morgan fingerprint density at radius 3 is 2.90 bits per heavy atom. The van der Waals surface area contributed by atoms with Crippen molar-refractivity contribution in [3.63, 3.8) is 0 Å². The van der Waals surface area contributed by atoms with Gasteiger partial charge in [-0.25, -0.2) is 0 Å². The van der Waals surface area contributed by atoms with Crippen molar-refractivity contribution in [3.05, 3.63) is 35.4 Å². The topological polar surface area (TPSA) is 27.6 Å². The summed E-state index contributed by atoms with van der Waals surface area (Å²) in [5.74, 6) is 1.84. The zero-order valence-corrected chi connectivity index (χ0v) is 15.8. The second kappa shape index (κ2) is 9.28. The number of nitrogens with zero attached hydrogens (tertiary/aromatic N) is 2. The highest BCUT2D eigenvalue weighted by atomic mass is 127. The van der Waals surface area contributed by atoms with Crippen LogP contribution in [0.15, 0.2) is 29.3 Å². The van der Waals surface area contributed by atoms with E-state index in [1.54, 1.807) is 0 Å². The molecule has 2 rings (SSSR count). The fourth-order valence-electron chi connectivity index (χ4n) is 2.90. The highest BCUT2D eigenvalue weighted by Crippen LogP contribution is 2.15. The molecule has 1 N–H and O–H groups in total. The Morgan fingerprint density at radius 2 is 2.24 bits per heavy atom. The van der Waals surface area contributed by atoms with Crippen LogP contribution in [0.25, 0.3) is 0 Å². The molecule has 1 saturated heterocycles. The Hall–Kier alpha value is -0.780. The largest absolute Gasteiger partial charge is 0.356 e. The molecular weight excluding hydrogens is 373 g/mol. The van der Waals surface area contributed by atoms with E-state index in [-0.39, 0.29) is 24.0 Å². The van der Waals surface area contributed by atoms with E-state index < -0.39 is 0 Å². The molecule has 21 heavy (non-hydrogen) atoms. The molecular formula is C17H28IN3. The number of aliphatic imine (C=N–C) groups is 1. The lowest BCUT2D eigenvalue weighted by Gasteiger charge is -2.33. The normalized spacial score (nSPS) is 19.1. The van der Waals surface area contributed by atoms with Gasteiger partial charge in [0.25, 0.3) is 0 Å². The molecule has 1 aromatic rings. The Balaban J connectivity index is 0.00000220. The molecule has 1 unspecified atom stereocenters. The van der Waals surface area contributed by atoms with Crippen LogP contribution in [0.2, 0.25) is 0 Å². The van der Waals surface area contributed by atoms with Crippen molar-refractivity contribution in [2.45, 2.75) is 33.1 Å². The minimum atomic E-state index is 0. The van der Waals surface area contributed by atoms with E-state index in [9.17, 15) is 0 Å². The van der Waals surface area contributed by atoms with Crippen LogP contribution in [0.4, 0.5) is 0 Å². The predicted molar refractivity (Wildman–Crippen MR) is 102 cm³/mol. The van der Waals surface area contributed by atoms with E-state index in [4.69, 9.17) is 0 Å². The SMILES string of the molecule is CN=C(NCCc1cccc(C)c1)N1CCCC(C)C1.I. The molecule has 1 aromatic carbocycles. The number of hydrogen-bond acceptors (Lipinski definition) is 1. The maximum Gasteiger partial charge on any atom is 0.193 e. The zero-order valence-electron chi connectivity index (χ0n) is 13.4. The van der Waals surface area contributed by atoms with Crippen molar-refractivity contribution in [1.82, 2.24) is 10.2 Å². The minimum Gasteiger partial charge on any atom is -0.356 e. The van der Waals surface area contributed by atoms with Crippen LogP contribution in [0.5, 0.6) is 0 Å². The molecule has 1 heterocycles. The number of halogens is 1. The summed E-state index contributed by atoms with van der Waals surface area (Å²) in [6.07, 6.45) is 3.67. The van der Waals surface area contributed by atoms with Crippen LogP contribution in [0.3, 0.4) is 0 Å². The van der Waals surface area contributed by atoms with Crippen molar-refractivity contribution in [3.8, 4) is 0 Å². The summed E-state index contributed by atoms with van der Waals surface area (Å²) in [6, 6.07) is 8.73. The van der Waals surface area contributed by atoms with Gasteiger partial charge in [-0.3, -0.25) is 4.99 Å². The maximum absolute atomic E-state index is 4.43. The summed E-state index contributed by atoms with van der Waals surface area (Å²) >= 11 is 0. The molecule has 1 aliphatic rings. The highest BCUT2D eigenvalue weighted by molar-refractivity contribution is 14.0. The van der Waals surface area contributed by atoms with Gasteiger partial charge in [0.15, 0.2) is 5.96 Å². The van der Waals surface area contributed by atoms with Crippen molar-refractivity contribution in [1.29, 1.82) is 0 Å². The first kappa shape index (κ1) is 18.3. The van der Waals surface area contributed by atoms with Crippen LogP contribution >= 0.6 is 24.0 Å². The number of nitrogens with one attached hydrogen (secondary N) is 1. The standard InChI is InChI=1S/C17H27N3.HI/c1-14-6-4-8-16(12-14)9-10-19-17(18-3)20-11-5-7-15(2)13-20;/h4,6,8,12,15H,5,7,9-11,13H2,1-3H3,(H,18,19);1H. The van der Waals surface area contributed by atoms with Crippen LogP contribution in [0.1, 0.15) is 30.9 Å². The first-order valence-corrected chi connectivity index (χ1v) is 7.70. The molecule has 4 heteroatoms. The first-order chi connectivity index (χ1) is 9.69. The molecule has 0 aromatic heterocycles. The predicted octanol–water partition coefficient (Wildman–Crippen LogP) is 3.46. The van der Waals surface area contributed by atoms with Crippen LogP contribution < -0.4 is 5.32 Å². The lowest BCUT2D eigenvalue weighted by Crippen LogP contribution is -2.46. The molecule has 118 valence electrons. The fourth-order valence-corrected chi connectivity index (χ4v) is 2.90. The maximum atomic E-state index is 4.43. The number of guanidine groups is 1. The third kappa shape index (κ3) is 5.85. The molecule has 0 bridgehead atoms. The fraction of sp³-hybridized carbons (Fsp3) is 0.588. The molecule has 0 spiro atoms.